The van der Waals surface area contributed by atoms with E-state index >= 15 is 0 Å². The number of unbranched alkanes of at least 4 members (excludes halogenated alkanes) is 7. The zero-order chi connectivity index (χ0) is 13.0. The van der Waals surface area contributed by atoms with Crippen molar-refractivity contribution >= 4 is 15.9 Å². The maximum Gasteiger partial charge on any atom is 0.0790 e. The summed E-state index contributed by atoms with van der Waals surface area (Å²) in [4.78, 5) is 0. The second kappa shape index (κ2) is 14.6. The quantitative estimate of drug-likeness (QED) is 0.191. The van der Waals surface area contributed by atoms with Gasteiger partial charge >= 0.3 is 0 Å². The maximum atomic E-state index is 3.51. The number of quaternary nitrogens is 1. The highest BCUT2D eigenvalue weighted by atomic mass is 127. The molecule has 0 rings (SSSR count). The molecule has 0 saturated heterocycles. The average molecular weight is 434 g/mol. The number of hydrogen-bond acceptors (Lipinski definition) is 0. The van der Waals surface area contributed by atoms with Crippen LogP contribution in [0.1, 0.15) is 64.7 Å². The summed E-state index contributed by atoms with van der Waals surface area (Å²) < 4.78 is 1.20. The Bertz CT molecular complexity index is 163. The maximum absolute atomic E-state index is 3.51. The molecule has 1 nitrogen and oxygen atoms in total. The van der Waals surface area contributed by atoms with E-state index in [1.165, 1.54) is 75.4 Å². The highest BCUT2D eigenvalue weighted by molar-refractivity contribution is 9.09. The van der Waals surface area contributed by atoms with Crippen LogP contribution in [-0.4, -0.2) is 37.0 Å². The standard InChI is InChI=1S/C15H33BrN.HI/c1-4-5-6-7-8-9-10-11-14-17(2,3)15-12-13-16;/h4-15H2,1-3H3;1H/q+1;/p-1. The van der Waals surface area contributed by atoms with Gasteiger partial charge in [0.15, 0.2) is 0 Å². The van der Waals surface area contributed by atoms with E-state index in [-0.39, 0.29) is 24.0 Å². The van der Waals surface area contributed by atoms with E-state index in [1.807, 2.05) is 0 Å². The fourth-order valence-corrected chi connectivity index (χ4v) is 2.52. The summed E-state index contributed by atoms with van der Waals surface area (Å²) in [6.07, 6.45) is 12.7. The Morgan fingerprint density at radius 3 is 1.67 bits per heavy atom. The molecule has 0 fully saturated rings. The third-order valence-corrected chi connectivity index (χ3v) is 4.07. The minimum Gasteiger partial charge on any atom is -1.00 e. The molecular formula is C15H33BrIN. The summed E-state index contributed by atoms with van der Waals surface area (Å²) in [6, 6.07) is 0. The van der Waals surface area contributed by atoms with Crippen LogP contribution in [0.15, 0.2) is 0 Å². The molecule has 0 aromatic carbocycles. The molecule has 0 radical (unpaired) electrons. The van der Waals surface area contributed by atoms with E-state index < -0.39 is 0 Å². The van der Waals surface area contributed by atoms with Crippen LogP contribution < -0.4 is 24.0 Å². The first kappa shape index (κ1) is 21.5. The molecule has 0 atom stereocenters. The zero-order valence-corrected chi connectivity index (χ0v) is 16.4. The number of hydrogen-bond donors (Lipinski definition) is 0. The lowest BCUT2D eigenvalue weighted by Gasteiger charge is -2.29. The average Bonchev–Trinajstić information content (AvgIpc) is 2.30. The van der Waals surface area contributed by atoms with Crippen molar-refractivity contribution in [1.29, 1.82) is 0 Å². The lowest BCUT2D eigenvalue weighted by molar-refractivity contribution is -0.890. The highest BCUT2D eigenvalue weighted by Crippen LogP contribution is 2.10. The highest BCUT2D eigenvalue weighted by Gasteiger charge is 2.12. The first-order valence-corrected chi connectivity index (χ1v) is 8.62. The Morgan fingerprint density at radius 2 is 1.17 bits per heavy atom. The first-order valence-electron chi connectivity index (χ1n) is 7.50. The Labute approximate surface area is 141 Å². The summed E-state index contributed by atoms with van der Waals surface area (Å²) >= 11 is 3.51. The molecule has 0 aromatic heterocycles. The van der Waals surface area contributed by atoms with Gasteiger partial charge in [-0.15, -0.1) is 0 Å². The SMILES string of the molecule is CCCCCCCCCC[N+](C)(C)CCCBr.[I-]. The van der Waals surface area contributed by atoms with E-state index in [0.29, 0.717) is 0 Å². The molecule has 0 aliphatic rings. The molecule has 0 unspecified atom stereocenters. The van der Waals surface area contributed by atoms with E-state index in [4.69, 9.17) is 0 Å². The Morgan fingerprint density at radius 1 is 0.722 bits per heavy atom. The molecule has 3 heteroatoms. The molecule has 0 aromatic rings. The van der Waals surface area contributed by atoms with Gasteiger partial charge in [-0.2, -0.15) is 0 Å². The first-order chi connectivity index (χ1) is 8.12. The predicted molar refractivity (Wildman–Crippen MR) is 82.9 cm³/mol. The van der Waals surface area contributed by atoms with Crippen LogP contribution in [0.2, 0.25) is 0 Å². The molecule has 0 aliphatic heterocycles. The number of rotatable bonds is 12. The smallest absolute Gasteiger partial charge is 0.0790 e. The molecule has 112 valence electrons. The zero-order valence-electron chi connectivity index (χ0n) is 12.7. The van der Waals surface area contributed by atoms with Crippen LogP contribution in [0.4, 0.5) is 0 Å². The van der Waals surface area contributed by atoms with Gasteiger partial charge in [0, 0.05) is 11.8 Å². The number of nitrogens with zero attached hydrogens (tertiary/aromatic N) is 1. The van der Waals surface area contributed by atoms with Crippen LogP contribution in [0.25, 0.3) is 0 Å². The summed E-state index contributed by atoms with van der Waals surface area (Å²) in [5.74, 6) is 0. The third-order valence-electron chi connectivity index (χ3n) is 3.51. The Balaban J connectivity index is 0. The summed E-state index contributed by atoms with van der Waals surface area (Å²) in [6.45, 7) is 4.94. The van der Waals surface area contributed by atoms with Crippen molar-refractivity contribution in [2.24, 2.45) is 0 Å². The fraction of sp³-hybridized carbons (Fsp3) is 1.00. The second-order valence-corrected chi connectivity index (χ2v) is 6.69. The fourth-order valence-electron chi connectivity index (χ4n) is 2.27. The van der Waals surface area contributed by atoms with Gasteiger partial charge in [0.05, 0.1) is 27.2 Å². The number of alkyl halides is 1. The Kier molecular flexibility index (Phi) is 17.4. The molecule has 0 N–H and O–H groups in total. The van der Waals surface area contributed by atoms with Crippen molar-refractivity contribution in [3.05, 3.63) is 0 Å². The van der Waals surface area contributed by atoms with Gasteiger partial charge in [0.1, 0.15) is 0 Å². The third kappa shape index (κ3) is 15.2. The van der Waals surface area contributed by atoms with Gasteiger partial charge in [0.25, 0.3) is 0 Å². The van der Waals surface area contributed by atoms with E-state index in [0.717, 1.165) is 5.33 Å². The van der Waals surface area contributed by atoms with E-state index in [2.05, 4.69) is 36.9 Å². The van der Waals surface area contributed by atoms with E-state index in [1.54, 1.807) is 0 Å². The molecule has 0 spiro atoms. The predicted octanol–water partition coefficient (Wildman–Crippen LogP) is 1.99. The molecular weight excluding hydrogens is 401 g/mol. The van der Waals surface area contributed by atoms with Crippen molar-refractivity contribution in [2.75, 3.05) is 32.5 Å². The molecule has 0 bridgehead atoms. The van der Waals surface area contributed by atoms with Crippen molar-refractivity contribution < 1.29 is 28.5 Å². The minimum absolute atomic E-state index is 0. The Hall–Kier alpha value is 1.17. The van der Waals surface area contributed by atoms with Crippen LogP contribution in [0.5, 0.6) is 0 Å². The normalized spacial score (nSPS) is 11.3. The largest absolute Gasteiger partial charge is 1.00 e. The molecule has 0 amide bonds. The van der Waals surface area contributed by atoms with Crippen LogP contribution in [0, 0.1) is 0 Å². The van der Waals surface area contributed by atoms with Crippen molar-refractivity contribution in [2.45, 2.75) is 64.7 Å². The van der Waals surface area contributed by atoms with Crippen molar-refractivity contribution in [1.82, 2.24) is 0 Å². The minimum atomic E-state index is 0. The lowest BCUT2D eigenvalue weighted by atomic mass is 10.1. The summed E-state index contributed by atoms with van der Waals surface area (Å²) in [5.41, 5.74) is 0. The van der Waals surface area contributed by atoms with Gasteiger partial charge in [-0.1, -0.05) is 61.4 Å². The molecule has 0 saturated carbocycles. The number of halogens is 2. The molecule has 18 heavy (non-hydrogen) atoms. The molecule has 0 heterocycles. The summed E-state index contributed by atoms with van der Waals surface area (Å²) in [5, 5.41) is 1.14. The van der Waals surface area contributed by atoms with Crippen molar-refractivity contribution in [3.63, 3.8) is 0 Å². The van der Waals surface area contributed by atoms with Crippen LogP contribution >= 0.6 is 15.9 Å². The van der Waals surface area contributed by atoms with Gasteiger partial charge in [-0.25, -0.2) is 0 Å². The molecule has 0 aliphatic carbocycles. The van der Waals surface area contributed by atoms with Gasteiger partial charge < -0.3 is 28.5 Å². The van der Waals surface area contributed by atoms with Gasteiger partial charge in [-0.05, 0) is 12.8 Å². The summed E-state index contributed by atoms with van der Waals surface area (Å²) in [7, 11) is 4.73. The van der Waals surface area contributed by atoms with Crippen LogP contribution in [-0.2, 0) is 0 Å². The monoisotopic (exact) mass is 433 g/mol. The van der Waals surface area contributed by atoms with Gasteiger partial charge in [0.2, 0.25) is 0 Å². The van der Waals surface area contributed by atoms with Gasteiger partial charge in [-0.3, -0.25) is 0 Å². The van der Waals surface area contributed by atoms with Crippen molar-refractivity contribution in [3.8, 4) is 0 Å². The second-order valence-electron chi connectivity index (χ2n) is 5.90. The lowest BCUT2D eigenvalue weighted by Crippen LogP contribution is -3.00. The van der Waals surface area contributed by atoms with E-state index in [9.17, 15) is 0 Å². The van der Waals surface area contributed by atoms with Crippen LogP contribution in [0.3, 0.4) is 0 Å². The topological polar surface area (TPSA) is 0 Å².